The highest BCUT2D eigenvalue weighted by molar-refractivity contribution is 6.33. The quantitative estimate of drug-likeness (QED) is 0.924. The molecule has 19 heavy (non-hydrogen) atoms. The summed E-state index contributed by atoms with van der Waals surface area (Å²) in [4.78, 5) is 14.1. The molecule has 1 fully saturated rings. The highest BCUT2D eigenvalue weighted by Gasteiger charge is 2.22. The number of carbonyl (C=O) groups excluding carboxylic acids is 1. The second-order valence-corrected chi connectivity index (χ2v) is 5.28. The van der Waals surface area contributed by atoms with Crippen molar-refractivity contribution in [3.8, 4) is 0 Å². The number of anilines is 1. The van der Waals surface area contributed by atoms with E-state index in [-0.39, 0.29) is 11.7 Å². The summed E-state index contributed by atoms with van der Waals surface area (Å²) in [5.41, 5.74) is 0.458. The molecule has 1 N–H and O–H groups in total. The Bertz CT molecular complexity index is 461. The van der Waals surface area contributed by atoms with Crippen molar-refractivity contribution in [2.75, 3.05) is 18.4 Å². The summed E-state index contributed by atoms with van der Waals surface area (Å²) in [6.45, 7) is 3.39. The number of hydrogen-bond acceptors (Lipinski definition) is 2. The van der Waals surface area contributed by atoms with Crippen LogP contribution in [0.3, 0.4) is 0 Å². The lowest BCUT2D eigenvalue weighted by Gasteiger charge is -2.29. The van der Waals surface area contributed by atoms with E-state index in [1.165, 1.54) is 24.6 Å². The van der Waals surface area contributed by atoms with E-state index >= 15 is 0 Å². The molecule has 0 aliphatic carbocycles. The Morgan fingerprint density at radius 2 is 2.05 bits per heavy atom. The van der Waals surface area contributed by atoms with Crippen LogP contribution in [-0.2, 0) is 4.79 Å². The zero-order valence-electron chi connectivity index (χ0n) is 11.0. The maximum absolute atomic E-state index is 13.2. The van der Waals surface area contributed by atoms with E-state index in [0.717, 1.165) is 25.9 Å². The zero-order chi connectivity index (χ0) is 13.8. The molecule has 1 amide bonds. The molecule has 0 spiro atoms. The van der Waals surface area contributed by atoms with Gasteiger partial charge in [-0.1, -0.05) is 11.6 Å². The van der Waals surface area contributed by atoms with Gasteiger partial charge < -0.3 is 10.2 Å². The molecule has 0 saturated carbocycles. The fraction of sp³-hybridized carbons (Fsp3) is 0.500. The lowest BCUT2D eigenvalue weighted by Crippen LogP contribution is -2.43. The van der Waals surface area contributed by atoms with Crippen LogP contribution in [0.15, 0.2) is 18.2 Å². The molecule has 0 bridgehead atoms. The maximum Gasteiger partial charge on any atom is 0.244 e. The molecule has 1 aliphatic rings. The summed E-state index contributed by atoms with van der Waals surface area (Å²) in [6, 6.07) is 3.68. The van der Waals surface area contributed by atoms with Crippen LogP contribution in [0.25, 0.3) is 0 Å². The van der Waals surface area contributed by atoms with Gasteiger partial charge in [0.15, 0.2) is 0 Å². The van der Waals surface area contributed by atoms with Gasteiger partial charge in [-0.15, -0.1) is 0 Å². The average Bonchev–Trinajstić information content (AvgIpc) is 2.43. The van der Waals surface area contributed by atoms with Crippen LogP contribution < -0.4 is 5.32 Å². The summed E-state index contributed by atoms with van der Waals surface area (Å²) in [5, 5.41) is 3.40. The van der Waals surface area contributed by atoms with Gasteiger partial charge >= 0.3 is 0 Å². The summed E-state index contributed by atoms with van der Waals surface area (Å²) in [5.74, 6) is -0.329. The predicted molar refractivity (Wildman–Crippen MR) is 74.9 cm³/mol. The van der Waals surface area contributed by atoms with Crippen molar-refractivity contribution in [2.24, 2.45) is 0 Å². The van der Waals surface area contributed by atoms with Gasteiger partial charge in [0.25, 0.3) is 0 Å². The van der Waals surface area contributed by atoms with Gasteiger partial charge in [-0.3, -0.25) is 4.79 Å². The molecule has 0 radical (unpaired) electrons. The summed E-state index contributed by atoms with van der Waals surface area (Å²) in [6.07, 6.45) is 3.29. The second-order valence-electron chi connectivity index (χ2n) is 4.88. The molecule has 1 saturated heterocycles. The predicted octanol–water partition coefficient (Wildman–Crippen LogP) is 3.29. The molecule has 2 rings (SSSR count). The fourth-order valence-electron chi connectivity index (χ4n) is 2.29. The van der Waals surface area contributed by atoms with Gasteiger partial charge in [0.05, 0.1) is 10.7 Å². The zero-order valence-corrected chi connectivity index (χ0v) is 11.7. The molecule has 1 unspecified atom stereocenters. The van der Waals surface area contributed by atoms with E-state index in [4.69, 9.17) is 11.6 Å². The Balaban J connectivity index is 2.01. The van der Waals surface area contributed by atoms with E-state index < -0.39 is 6.04 Å². The van der Waals surface area contributed by atoms with Gasteiger partial charge in [-0.25, -0.2) is 4.39 Å². The lowest BCUT2D eigenvalue weighted by atomic mass is 10.1. The number of carbonyl (C=O) groups is 1. The third-order valence-electron chi connectivity index (χ3n) is 3.34. The van der Waals surface area contributed by atoms with Gasteiger partial charge in [-0.2, -0.15) is 0 Å². The number of amides is 1. The third-order valence-corrected chi connectivity index (χ3v) is 3.67. The van der Waals surface area contributed by atoms with Gasteiger partial charge in [0.1, 0.15) is 11.9 Å². The van der Waals surface area contributed by atoms with Gasteiger partial charge in [0.2, 0.25) is 5.91 Å². The summed E-state index contributed by atoms with van der Waals surface area (Å²) >= 11 is 5.98. The van der Waals surface area contributed by atoms with Crippen molar-refractivity contribution in [1.29, 1.82) is 0 Å². The molecule has 1 aromatic rings. The molecule has 1 aliphatic heterocycles. The number of hydrogen-bond donors (Lipinski definition) is 1. The highest BCUT2D eigenvalue weighted by atomic mass is 35.5. The first kappa shape index (κ1) is 14.1. The van der Waals surface area contributed by atoms with Crippen molar-refractivity contribution in [1.82, 2.24) is 4.90 Å². The monoisotopic (exact) mass is 284 g/mol. The van der Waals surface area contributed by atoms with Crippen LogP contribution in [0.1, 0.15) is 26.2 Å². The second kappa shape index (κ2) is 6.24. The fourth-order valence-corrected chi connectivity index (χ4v) is 2.46. The van der Waals surface area contributed by atoms with Crippen molar-refractivity contribution >= 4 is 23.2 Å². The van der Waals surface area contributed by atoms with Crippen molar-refractivity contribution in [3.63, 3.8) is 0 Å². The van der Waals surface area contributed by atoms with Crippen LogP contribution in [0.2, 0.25) is 5.02 Å². The molecule has 104 valence electrons. The Morgan fingerprint density at radius 1 is 1.37 bits per heavy atom. The first-order valence-electron chi connectivity index (χ1n) is 6.58. The smallest absolute Gasteiger partial charge is 0.244 e. The van der Waals surface area contributed by atoms with Crippen LogP contribution in [0.5, 0.6) is 0 Å². The van der Waals surface area contributed by atoms with Crippen molar-refractivity contribution in [3.05, 3.63) is 29.0 Å². The Hall–Kier alpha value is -1.29. The normalized spacial score (nSPS) is 17.1. The number of likely N-dealkylation sites (tertiary alicyclic amines) is 1. The number of benzene rings is 1. The Kier molecular flexibility index (Phi) is 4.64. The SMILES string of the molecule is CC(Nc1cc(F)ccc1Cl)C(=O)N1CCCCC1. The van der Waals surface area contributed by atoms with Crippen molar-refractivity contribution in [2.45, 2.75) is 32.2 Å². The standard InChI is InChI=1S/C14H18ClFN2O/c1-10(14(19)18-7-3-2-4-8-18)17-13-9-11(16)5-6-12(13)15/h5-6,9-10,17H,2-4,7-8H2,1H3. The van der Waals surface area contributed by atoms with E-state index in [2.05, 4.69) is 5.32 Å². The van der Waals surface area contributed by atoms with Crippen LogP contribution in [-0.4, -0.2) is 29.9 Å². The minimum Gasteiger partial charge on any atom is -0.373 e. The maximum atomic E-state index is 13.2. The minimum absolute atomic E-state index is 0.0417. The number of piperidine rings is 1. The molecule has 3 nitrogen and oxygen atoms in total. The molecular weight excluding hydrogens is 267 g/mol. The minimum atomic E-state index is -0.405. The molecule has 1 aromatic carbocycles. The van der Waals surface area contributed by atoms with Crippen molar-refractivity contribution < 1.29 is 9.18 Å². The lowest BCUT2D eigenvalue weighted by molar-refractivity contribution is -0.132. The Labute approximate surface area is 117 Å². The molecule has 5 heteroatoms. The third kappa shape index (κ3) is 3.60. The first-order valence-corrected chi connectivity index (χ1v) is 6.96. The van der Waals surface area contributed by atoms with Gasteiger partial charge in [0, 0.05) is 13.1 Å². The summed E-state index contributed by atoms with van der Waals surface area (Å²) in [7, 11) is 0. The Morgan fingerprint density at radius 3 is 2.74 bits per heavy atom. The largest absolute Gasteiger partial charge is 0.373 e. The number of nitrogens with zero attached hydrogens (tertiary/aromatic N) is 1. The van der Waals surface area contributed by atoms with E-state index in [1.54, 1.807) is 6.92 Å². The average molecular weight is 285 g/mol. The number of rotatable bonds is 3. The number of nitrogens with one attached hydrogen (secondary N) is 1. The molecule has 1 heterocycles. The summed E-state index contributed by atoms with van der Waals surface area (Å²) < 4.78 is 13.2. The van der Waals surface area contributed by atoms with Crippen LogP contribution in [0, 0.1) is 5.82 Å². The van der Waals surface area contributed by atoms with E-state index in [9.17, 15) is 9.18 Å². The first-order chi connectivity index (χ1) is 9.08. The molecular formula is C14H18ClFN2O. The van der Waals surface area contributed by atoms with Crippen LogP contribution in [0.4, 0.5) is 10.1 Å². The van der Waals surface area contributed by atoms with Crippen LogP contribution >= 0.6 is 11.6 Å². The molecule has 1 atom stereocenters. The van der Waals surface area contributed by atoms with E-state index in [0.29, 0.717) is 10.7 Å². The highest BCUT2D eigenvalue weighted by Crippen LogP contribution is 2.23. The van der Waals surface area contributed by atoms with Gasteiger partial charge in [-0.05, 0) is 44.4 Å². The van der Waals surface area contributed by atoms with E-state index in [1.807, 2.05) is 4.90 Å². The topological polar surface area (TPSA) is 32.3 Å². The number of halogens is 2. The molecule has 0 aromatic heterocycles.